The van der Waals surface area contributed by atoms with Gasteiger partial charge in [0.2, 0.25) is 5.91 Å². The molecule has 1 N–H and O–H groups in total. The van der Waals surface area contributed by atoms with Gasteiger partial charge in [0.15, 0.2) is 11.6 Å². The highest BCUT2D eigenvalue weighted by Crippen LogP contribution is 2.19. The van der Waals surface area contributed by atoms with Crippen molar-refractivity contribution < 1.29 is 18.4 Å². The van der Waals surface area contributed by atoms with E-state index in [0.717, 1.165) is 17.8 Å². The van der Waals surface area contributed by atoms with Crippen LogP contribution < -0.4 is 10.2 Å². The molecule has 29 heavy (non-hydrogen) atoms. The molecule has 1 atom stereocenters. The van der Waals surface area contributed by atoms with Crippen LogP contribution in [0.15, 0.2) is 55.1 Å². The molecule has 0 radical (unpaired) electrons. The fourth-order valence-corrected chi connectivity index (χ4v) is 3.28. The lowest BCUT2D eigenvalue weighted by atomic mass is 10.1. The number of hydrogen-bond acceptors (Lipinski definition) is 3. The highest BCUT2D eigenvalue weighted by atomic mass is 19.2. The van der Waals surface area contributed by atoms with Gasteiger partial charge in [-0.3, -0.25) is 9.59 Å². The third-order valence-corrected chi connectivity index (χ3v) is 5.05. The molecule has 1 aliphatic heterocycles. The van der Waals surface area contributed by atoms with Gasteiger partial charge in [0.1, 0.15) is 0 Å². The van der Waals surface area contributed by atoms with Crippen LogP contribution in [-0.4, -0.2) is 42.9 Å². The average Bonchev–Trinajstić information content (AvgIpc) is 2.75. The second kappa shape index (κ2) is 8.86. The first-order valence-electron chi connectivity index (χ1n) is 9.41. The molecule has 7 heteroatoms. The molecular weight excluding hydrogens is 376 g/mol. The van der Waals surface area contributed by atoms with Crippen molar-refractivity contribution in [3.05, 3.63) is 77.9 Å². The lowest BCUT2D eigenvalue weighted by Crippen LogP contribution is -2.48. The number of carbonyl (C=O) groups excluding carboxylic acids is 2. The van der Waals surface area contributed by atoms with Crippen molar-refractivity contribution in [2.45, 2.75) is 13.0 Å². The fraction of sp³-hybridized carbons (Fsp3) is 0.273. The maximum absolute atomic E-state index is 13.4. The Morgan fingerprint density at radius 2 is 1.69 bits per heavy atom. The summed E-state index contributed by atoms with van der Waals surface area (Å²) >= 11 is 0. The van der Waals surface area contributed by atoms with E-state index in [2.05, 4.69) is 16.8 Å². The average molecular weight is 399 g/mol. The van der Waals surface area contributed by atoms with E-state index in [-0.39, 0.29) is 11.8 Å². The second-order valence-electron chi connectivity index (χ2n) is 6.93. The minimum atomic E-state index is -0.942. The lowest BCUT2D eigenvalue weighted by Gasteiger charge is -2.35. The number of nitrogens with one attached hydrogen (secondary N) is 1. The number of benzene rings is 2. The van der Waals surface area contributed by atoms with E-state index < -0.39 is 17.7 Å². The molecule has 1 saturated heterocycles. The summed E-state index contributed by atoms with van der Waals surface area (Å²) in [6.07, 6.45) is 1.32. The first-order valence-corrected chi connectivity index (χ1v) is 9.41. The molecular formula is C22H23F2N3O2. The highest BCUT2D eigenvalue weighted by molar-refractivity contribution is 5.94. The molecule has 2 aromatic rings. The van der Waals surface area contributed by atoms with E-state index in [1.807, 2.05) is 12.1 Å². The van der Waals surface area contributed by atoms with Crippen molar-refractivity contribution in [1.29, 1.82) is 0 Å². The van der Waals surface area contributed by atoms with Crippen molar-refractivity contribution in [2.24, 2.45) is 0 Å². The quantitative estimate of drug-likeness (QED) is 0.785. The van der Waals surface area contributed by atoms with Gasteiger partial charge in [-0.15, -0.1) is 0 Å². The number of halogens is 2. The first kappa shape index (κ1) is 20.5. The number of nitrogens with zero attached hydrogens (tertiary/aromatic N) is 2. The molecule has 2 aromatic carbocycles. The Bertz CT molecular complexity index is 907. The SMILES string of the molecule is C=CC(=O)N1CCN(c2ccc(C(=O)N[C@@H](C)c3ccc(F)c(F)c3)cc2)CC1. The molecule has 0 aliphatic carbocycles. The van der Waals surface area contributed by atoms with Crippen molar-refractivity contribution in [3.63, 3.8) is 0 Å². The monoisotopic (exact) mass is 399 g/mol. The number of rotatable bonds is 5. The Hall–Kier alpha value is -3.22. The standard InChI is InChI=1S/C22H23F2N3O2/c1-3-21(28)27-12-10-26(11-13-27)18-7-4-16(5-8-18)22(29)25-15(2)17-6-9-19(23)20(24)14-17/h3-9,14-15H,1,10-13H2,2H3,(H,25,29)/t15-/m0/s1. The predicted octanol–water partition coefficient (Wildman–Crippen LogP) is 3.29. The van der Waals surface area contributed by atoms with Gasteiger partial charge in [0, 0.05) is 37.4 Å². The van der Waals surface area contributed by atoms with Crippen LogP contribution in [0.4, 0.5) is 14.5 Å². The van der Waals surface area contributed by atoms with Crippen LogP contribution in [0.5, 0.6) is 0 Å². The van der Waals surface area contributed by atoms with Gasteiger partial charge >= 0.3 is 0 Å². The molecule has 1 aliphatic rings. The van der Waals surface area contributed by atoms with Crippen molar-refractivity contribution in [1.82, 2.24) is 10.2 Å². The third-order valence-electron chi connectivity index (χ3n) is 5.05. The van der Waals surface area contributed by atoms with Crippen LogP contribution in [0.3, 0.4) is 0 Å². The molecule has 1 fully saturated rings. The molecule has 0 aromatic heterocycles. The minimum absolute atomic E-state index is 0.0631. The van der Waals surface area contributed by atoms with E-state index in [1.165, 1.54) is 12.1 Å². The van der Waals surface area contributed by atoms with Crippen LogP contribution in [0, 0.1) is 11.6 Å². The van der Waals surface area contributed by atoms with Gasteiger partial charge in [0.05, 0.1) is 6.04 Å². The van der Waals surface area contributed by atoms with E-state index >= 15 is 0 Å². The summed E-state index contributed by atoms with van der Waals surface area (Å²) in [7, 11) is 0. The molecule has 0 bridgehead atoms. The largest absolute Gasteiger partial charge is 0.368 e. The zero-order valence-electron chi connectivity index (χ0n) is 16.2. The van der Waals surface area contributed by atoms with Gasteiger partial charge in [0.25, 0.3) is 5.91 Å². The van der Waals surface area contributed by atoms with Gasteiger partial charge in [-0.05, 0) is 55.0 Å². The molecule has 5 nitrogen and oxygen atoms in total. The molecule has 152 valence electrons. The number of anilines is 1. The summed E-state index contributed by atoms with van der Waals surface area (Å²) in [4.78, 5) is 28.0. The summed E-state index contributed by atoms with van der Waals surface area (Å²) in [5.41, 5.74) is 1.94. The Morgan fingerprint density at radius 1 is 1.03 bits per heavy atom. The van der Waals surface area contributed by atoms with Crippen LogP contribution in [0.2, 0.25) is 0 Å². The van der Waals surface area contributed by atoms with Gasteiger partial charge in [-0.1, -0.05) is 12.6 Å². The summed E-state index contributed by atoms with van der Waals surface area (Å²) < 4.78 is 26.5. The Morgan fingerprint density at radius 3 is 2.28 bits per heavy atom. The van der Waals surface area contributed by atoms with E-state index in [9.17, 15) is 18.4 Å². The molecule has 0 spiro atoms. The summed E-state index contributed by atoms with van der Waals surface area (Å²) in [6.45, 7) is 7.88. The topological polar surface area (TPSA) is 52.7 Å². The van der Waals surface area contributed by atoms with Crippen LogP contribution in [0.25, 0.3) is 0 Å². The predicted molar refractivity (Wildman–Crippen MR) is 108 cm³/mol. The van der Waals surface area contributed by atoms with E-state index in [4.69, 9.17) is 0 Å². The number of carbonyl (C=O) groups is 2. The summed E-state index contributed by atoms with van der Waals surface area (Å²) in [6, 6.07) is 10.3. The zero-order valence-corrected chi connectivity index (χ0v) is 16.2. The maximum Gasteiger partial charge on any atom is 0.251 e. The molecule has 1 heterocycles. The van der Waals surface area contributed by atoms with Gasteiger partial charge < -0.3 is 15.1 Å². The Balaban J connectivity index is 1.59. The summed E-state index contributed by atoms with van der Waals surface area (Å²) in [5, 5.41) is 2.79. The van der Waals surface area contributed by atoms with Crippen molar-refractivity contribution >= 4 is 17.5 Å². The van der Waals surface area contributed by atoms with Crippen LogP contribution in [0.1, 0.15) is 28.9 Å². The molecule has 2 amide bonds. The minimum Gasteiger partial charge on any atom is -0.368 e. The van der Waals surface area contributed by atoms with Gasteiger partial charge in [-0.25, -0.2) is 8.78 Å². The smallest absolute Gasteiger partial charge is 0.251 e. The molecule has 0 saturated carbocycles. The van der Waals surface area contributed by atoms with E-state index in [0.29, 0.717) is 37.3 Å². The van der Waals surface area contributed by atoms with Crippen LogP contribution in [-0.2, 0) is 4.79 Å². The van der Waals surface area contributed by atoms with Crippen molar-refractivity contribution in [3.8, 4) is 0 Å². The number of hydrogen-bond donors (Lipinski definition) is 1. The van der Waals surface area contributed by atoms with Gasteiger partial charge in [-0.2, -0.15) is 0 Å². The highest BCUT2D eigenvalue weighted by Gasteiger charge is 2.20. The third kappa shape index (κ3) is 4.80. The fourth-order valence-electron chi connectivity index (χ4n) is 3.28. The first-order chi connectivity index (χ1) is 13.9. The number of amides is 2. The Labute approximate surface area is 168 Å². The maximum atomic E-state index is 13.4. The second-order valence-corrected chi connectivity index (χ2v) is 6.93. The lowest BCUT2D eigenvalue weighted by molar-refractivity contribution is -0.126. The molecule has 0 unspecified atom stereocenters. The normalized spacial score (nSPS) is 15.0. The molecule has 3 rings (SSSR count). The number of piperazine rings is 1. The summed E-state index contributed by atoms with van der Waals surface area (Å²) in [5.74, 6) is -2.22. The van der Waals surface area contributed by atoms with Crippen LogP contribution >= 0.6 is 0 Å². The Kier molecular flexibility index (Phi) is 6.26. The van der Waals surface area contributed by atoms with E-state index in [1.54, 1.807) is 24.0 Å². The van der Waals surface area contributed by atoms with Crippen molar-refractivity contribution in [2.75, 3.05) is 31.1 Å². The zero-order chi connectivity index (χ0) is 21.0.